The Hall–Kier alpha value is -1.04. The number of esters is 1. The summed E-state index contributed by atoms with van der Waals surface area (Å²) in [5, 5.41) is 0. The molecule has 0 saturated carbocycles. The summed E-state index contributed by atoms with van der Waals surface area (Å²) in [6.07, 6.45) is 1.26. The van der Waals surface area contributed by atoms with E-state index in [2.05, 4.69) is 25.7 Å². The van der Waals surface area contributed by atoms with Crippen LogP contribution in [-0.4, -0.2) is 17.6 Å². The Morgan fingerprint density at radius 2 is 2.27 bits per heavy atom. The molecule has 0 amide bonds. The zero-order valence-corrected chi connectivity index (χ0v) is 9.42. The Balaban J connectivity index is 2.76. The second-order valence-corrected chi connectivity index (χ2v) is 3.76. The van der Waals surface area contributed by atoms with E-state index in [1.807, 2.05) is 0 Å². The van der Waals surface area contributed by atoms with Crippen molar-refractivity contribution in [1.82, 2.24) is 4.98 Å². The molecule has 1 aromatic rings. The van der Waals surface area contributed by atoms with Crippen molar-refractivity contribution in [3.05, 3.63) is 28.5 Å². The summed E-state index contributed by atoms with van der Waals surface area (Å²) in [4.78, 5) is 13.9. The SMILES string of the molecule is CC(=O)OCC(F)(F)c1ccc(Br)cn1. The van der Waals surface area contributed by atoms with Gasteiger partial charge < -0.3 is 4.74 Å². The molecule has 0 unspecified atom stereocenters. The van der Waals surface area contributed by atoms with Gasteiger partial charge in [0, 0.05) is 17.6 Å². The predicted octanol–water partition coefficient (Wildman–Crippen LogP) is 2.50. The van der Waals surface area contributed by atoms with Gasteiger partial charge in [0.1, 0.15) is 5.69 Å². The van der Waals surface area contributed by atoms with Crippen LogP contribution in [0.5, 0.6) is 0 Å². The molecule has 15 heavy (non-hydrogen) atoms. The zero-order valence-electron chi connectivity index (χ0n) is 7.84. The van der Waals surface area contributed by atoms with E-state index in [4.69, 9.17) is 0 Å². The lowest BCUT2D eigenvalue weighted by Gasteiger charge is -2.14. The fourth-order valence-corrected chi connectivity index (χ4v) is 1.09. The summed E-state index contributed by atoms with van der Waals surface area (Å²) >= 11 is 3.08. The lowest BCUT2D eigenvalue weighted by molar-refractivity contribution is -0.154. The molecule has 3 nitrogen and oxygen atoms in total. The van der Waals surface area contributed by atoms with Crippen LogP contribution in [0.2, 0.25) is 0 Å². The number of carbonyl (C=O) groups is 1. The Kier molecular flexibility index (Phi) is 3.73. The summed E-state index contributed by atoms with van der Waals surface area (Å²) in [7, 11) is 0. The van der Waals surface area contributed by atoms with Gasteiger partial charge in [-0.2, -0.15) is 8.78 Å². The van der Waals surface area contributed by atoms with Crippen LogP contribution in [-0.2, 0) is 15.5 Å². The molecule has 82 valence electrons. The van der Waals surface area contributed by atoms with Gasteiger partial charge in [-0.3, -0.25) is 9.78 Å². The molecule has 0 N–H and O–H groups in total. The third-order valence-corrected chi connectivity index (χ3v) is 2.03. The van der Waals surface area contributed by atoms with E-state index in [0.29, 0.717) is 4.47 Å². The maximum absolute atomic E-state index is 13.3. The molecular formula is C9H8BrF2NO2. The first-order valence-corrected chi connectivity index (χ1v) is 4.84. The summed E-state index contributed by atoms with van der Waals surface area (Å²) in [6, 6.07) is 2.62. The van der Waals surface area contributed by atoms with Crippen molar-refractivity contribution in [3.63, 3.8) is 0 Å². The smallest absolute Gasteiger partial charge is 0.322 e. The van der Waals surface area contributed by atoms with Crippen LogP contribution in [0, 0.1) is 0 Å². The quantitative estimate of drug-likeness (QED) is 0.798. The lowest BCUT2D eigenvalue weighted by Crippen LogP contribution is -2.23. The average Bonchev–Trinajstić information content (AvgIpc) is 2.16. The molecule has 1 aromatic heterocycles. The van der Waals surface area contributed by atoms with Crippen LogP contribution >= 0.6 is 15.9 Å². The topological polar surface area (TPSA) is 39.2 Å². The third-order valence-electron chi connectivity index (χ3n) is 1.56. The minimum atomic E-state index is -3.26. The third kappa shape index (κ3) is 3.54. The minimum absolute atomic E-state index is 0.424. The number of pyridine rings is 1. The molecule has 0 saturated heterocycles. The van der Waals surface area contributed by atoms with Crippen molar-refractivity contribution < 1.29 is 18.3 Å². The first-order chi connectivity index (χ1) is 6.92. The Labute approximate surface area is 93.6 Å². The van der Waals surface area contributed by atoms with E-state index in [1.54, 1.807) is 0 Å². The van der Waals surface area contributed by atoms with Crippen LogP contribution in [0.15, 0.2) is 22.8 Å². The summed E-state index contributed by atoms with van der Waals surface area (Å²) in [6.45, 7) is 0.0854. The van der Waals surface area contributed by atoms with E-state index in [-0.39, 0.29) is 0 Å². The van der Waals surface area contributed by atoms with Crippen LogP contribution in [0.4, 0.5) is 8.78 Å². The maximum Gasteiger partial charge on any atom is 0.322 e. The van der Waals surface area contributed by atoms with Crippen molar-refractivity contribution in [1.29, 1.82) is 0 Å². The summed E-state index contributed by atoms with van der Waals surface area (Å²) in [5.41, 5.74) is -0.424. The highest BCUT2D eigenvalue weighted by molar-refractivity contribution is 9.10. The molecule has 0 aliphatic carbocycles. The standard InChI is InChI=1S/C9H8BrF2NO2/c1-6(14)15-5-9(11,12)8-3-2-7(10)4-13-8/h2-4H,5H2,1H3. The minimum Gasteiger partial charge on any atom is -0.459 e. The van der Waals surface area contributed by atoms with Gasteiger partial charge in [-0.05, 0) is 28.1 Å². The number of hydrogen-bond donors (Lipinski definition) is 0. The van der Waals surface area contributed by atoms with E-state index >= 15 is 0 Å². The molecule has 1 rings (SSSR count). The lowest BCUT2D eigenvalue weighted by atomic mass is 10.2. The average molecular weight is 280 g/mol. The number of alkyl halides is 2. The maximum atomic E-state index is 13.3. The molecule has 1 heterocycles. The molecule has 0 fully saturated rings. The highest BCUT2D eigenvalue weighted by atomic mass is 79.9. The summed E-state index contributed by atoms with van der Waals surface area (Å²) < 4.78 is 31.4. The molecule has 0 bridgehead atoms. The molecule has 0 aromatic carbocycles. The second kappa shape index (κ2) is 4.65. The van der Waals surface area contributed by atoms with Crippen molar-refractivity contribution >= 4 is 21.9 Å². The van der Waals surface area contributed by atoms with E-state index in [0.717, 1.165) is 6.92 Å². The van der Waals surface area contributed by atoms with Crippen LogP contribution < -0.4 is 0 Å². The molecule has 0 aliphatic heterocycles. The predicted molar refractivity (Wildman–Crippen MR) is 52.5 cm³/mol. The fraction of sp³-hybridized carbons (Fsp3) is 0.333. The number of halogens is 3. The Morgan fingerprint density at radius 3 is 2.73 bits per heavy atom. The number of aromatic nitrogens is 1. The van der Waals surface area contributed by atoms with Gasteiger partial charge in [0.15, 0.2) is 6.61 Å². The normalized spacial score (nSPS) is 11.2. The number of carbonyl (C=O) groups excluding carboxylic acids is 1. The first-order valence-electron chi connectivity index (χ1n) is 4.05. The molecule has 0 aliphatic rings. The molecule has 0 radical (unpaired) electrons. The molecule has 6 heteroatoms. The Morgan fingerprint density at radius 1 is 1.60 bits per heavy atom. The van der Waals surface area contributed by atoms with Gasteiger partial charge in [-0.1, -0.05) is 0 Å². The van der Waals surface area contributed by atoms with E-state index < -0.39 is 24.2 Å². The van der Waals surface area contributed by atoms with Crippen molar-refractivity contribution in [2.45, 2.75) is 12.8 Å². The number of hydrogen-bond acceptors (Lipinski definition) is 3. The van der Waals surface area contributed by atoms with E-state index in [9.17, 15) is 13.6 Å². The number of ether oxygens (including phenoxy) is 1. The molecule has 0 atom stereocenters. The van der Waals surface area contributed by atoms with Gasteiger partial charge in [0.25, 0.3) is 0 Å². The van der Waals surface area contributed by atoms with Crippen molar-refractivity contribution in [3.8, 4) is 0 Å². The monoisotopic (exact) mass is 279 g/mol. The van der Waals surface area contributed by atoms with Gasteiger partial charge in [-0.15, -0.1) is 0 Å². The highest BCUT2D eigenvalue weighted by Crippen LogP contribution is 2.27. The molecule has 0 spiro atoms. The van der Waals surface area contributed by atoms with Gasteiger partial charge >= 0.3 is 11.9 Å². The molecular weight excluding hydrogens is 272 g/mol. The van der Waals surface area contributed by atoms with Crippen LogP contribution in [0.1, 0.15) is 12.6 Å². The number of nitrogens with zero attached hydrogens (tertiary/aromatic N) is 1. The second-order valence-electron chi connectivity index (χ2n) is 2.85. The van der Waals surface area contributed by atoms with Crippen molar-refractivity contribution in [2.24, 2.45) is 0 Å². The highest BCUT2D eigenvalue weighted by Gasteiger charge is 2.34. The largest absolute Gasteiger partial charge is 0.459 e. The zero-order chi connectivity index (χ0) is 11.5. The van der Waals surface area contributed by atoms with Gasteiger partial charge in [0.2, 0.25) is 0 Å². The van der Waals surface area contributed by atoms with Crippen LogP contribution in [0.25, 0.3) is 0 Å². The Bertz CT molecular complexity index is 354. The first kappa shape index (κ1) is 12.0. The fourth-order valence-electron chi connectivity index (χ4n) is 0.858. The van der Waals surface area contributed by atoms with Crippen LogP contribution in [0.3, 0.4) is 0 Å². The van der Waals surface area contributed by atoms with Gasteiger partial charge in [0.05, 0.1) is 0 Å². The number of rotatable bonds is 3. The summed E-state index contributed by atoms with van der Waals surface area (Å²) in [5.74, 6) is -4.00. The van der Waals surface area contributed by atoms with E-state index in [1.165, 1.54) is 18.3 Å². The van der Waals surface area contributed by atoms with Crippen molar-refractivity contribution in [2.75, 3.05) is 6.61 Å². The van der Waals surface area contributed by atoms with Gasteiger partial charge in [-0.25, -0.2) is 0 Å².